The van der Waals surface area contributed by atoms with E-state index in [-0.39, 0.29) is 18.2 Å². The number of fused-ring (bicyclic) bond motifs is 1. The van der Waals surface area contributed by atoms with Gasteiger partial charge in [-0.15, -0.1) is 0 Å². The zero-order valence-corrected chi connectivity index (χ0v) is 15.5. The van der Waals surface area contributed by atoms with E-state index in [9.17, 15) is 5.11 Å². The third-order valence-electron chi connectivity index (χ3n) is 5.90. The standard InChI is InChI=1S/C22H27NO3/c1-25-20-13-16-11-12-23(18-9-6-10-19(18)24)22(15-7-4-3-5-8-15)17(16)14-21(20)26-2/h3-5,7-8,13-14,18-19,22,24H,6,9-12H2,1-2H3. The number of ether oxygens (including phenoxy) is 2. The fourth-order valence-electron chi connectivity index (χ4n) is 4.64. The number of methoxy groups -OCH3 is 2. The minimum Gasteiger partial charge on any atom is -0.493 e. The second-order valence-corrected chi connectivity index (χ2v) is 7.27. The summed E-state index contributed by atoms with van der Waals surface area (Å²) in [4.78, 5) is 2.50. The average molecular weight is 353 g/mol. The van der Waals surface area contributed by atoms with Crippen LogP contribution in [0.1, 0.15) is 42.0 Å². The summed E-state index contributed by atoms with van der Waals surface area (Å²) >= 11 is 0. The fourth-order valence-corrected chi connectivity index (χ4v) is 4.64. The lowest BCUT2D eigenvalue weighted by atomic mass is 9.86. The second-order valence-electron chi connectivity index (χ2n) is 7.27. The van der Waals surface area contributed by atoms with Gasteiger partial charge in [0.15, 0.2) is 11.5 Å². The predicted octanol–water partition coefficient (Wildman–Crippen LogP) is 3.56. The number of hydrogen-bond acceptors (Lipinski definition) is 4. The number of aliphatic hydroxyl groups is 1. The molecule has 3 unspecified atom stereocenters. The molecule has 4 nitrogen and oxygen atoms in total. The summed E-state index contributed by atoms with van der Waals surface area (Å²) in [6, 6.07) is 15.2. The van der Waals surface area contributed by atoms with E-state index in [0.717, 1.165) is 43.7 Å². The molecule has 0 bridgehead atoms. The molecule has 0 radical (unpaired) electrons. The molecule has 2 aromatic rings. The summed E-state index contributed by atoms with van der Waals surface area (Å²) < 4.78 is 11.1. The van der Waals surface area contributed by atoms with Crippen LogP contribution < -0.4 is 9.47 Å². The summed E-state index contributed by atoms with van der Waals surface area (Å²) in [7, 11) is 3.37. The number of aliphatic hydroxyl groups excluding tert-OH is 1. The summed E-state index contributed by atoms with van der Waals surface area (Å²) in [5, 5.41) is 10.6. The van der Waals surface area contributed by atoms with Gasteiger partial charge in [-0.3, -0.25) is 4.90 Å². The maximum absolute atomic E-state index is 10.6. The zero-order valence-electron chi connectivity index (χ0n) is 15.5. The van der Waals surface area contributed by atoms with E-state index in [4.69, 9.17) is 9.47 Å². The highest BCUT2D eigenvalue weighted by Crippen LogP contribution is 2.43. The van der Waals surface area contributed by atoms with Gasteiger partial charge in [-0.25, -0.2) is 0 Å². The van der Waals surface area contributed by atoms with E-state index >= 15 is 0 Å². The molecular formula is C22H27NO3. The van der Waals surface area contributed by atoms with Crippen molar-refractivity contribution in [2.45, 2.75) is 43.9 Å². The third-order valence-corrected chi connectivity index (χ3v) is 5.90. The molecule has 0 saturated heterocycles. The van der Waals surface area contributed by atoms with E-state index < -0.39 is 0 Å². The number of benzene rings is 2. The van der Waals surface area contributed by atoms with Crippen molar-refractivity contribution < 1.29 is 14.6 Å². The van der Waals surface area contributed by atoms with Gasteiger partial charge in [0, 0.05) is 12.6 Å². The van der Waals surface area contributed by atoms with Gasteiger partial charge >= 0.3 is 0 Å². The molecule has 0 spiro atoms. The van der Waals surface area contributed by atoms with E-state index in [2.05, 4.69) is 47.4 Å². The maximum atomic E-state index is 10.6. The monoisotopic (exact) mass is 353 g/mol. The number of hydrogen-bond donors (Lipinski definition) is 1. The Hall–Kier alpha value is -2.04. The van der Waals surface area contributed by atoms with Gasteiger partial charge in [-0.1, -0.05) is 30.3 Å². The first-order valence-corrected chi connectivity index (χ1v) is 9.46. The quantitative estimate of drug-likeness (QED) is 0.912. The van der Waals surface area contributed by atoms with Gasteiger partial charge in [0.2, 0.25) is 0 Å². The van der Waals surface area contributed by atoms with E-state index in [0.29, 0.717) is 0 Å². The van der Waals surface area contributed by atoms with Crippen LogP contribution in [0.2, 0.25) is 0 Å². The Balaban J connectivity index is 1.83. The van der Waals surface area contributed by atoms with Crippen LogP contribution in [0.3, 0.4) is 0 Å². The van der Waals surface area contributed by atoms with E-state index in [1.165, 1.54) is 16.7 Å². The molecule has 2 aromatic carbocycles. The van der Waals surface area contributed by atoms with Crippen molar-refractivity contribution in [3.05, 3.63) is 59.2 Å². The summed E-state index contributed by atoms with van der Waals surface area (Å²) in [5.74, 6) is 1.55. The SMILES string of the molecule is COc1cc2c(cc1OC)C(c1ccccc1)N(C1CCCC1O)CC2. The topological polar surface area (TPSA) is 41.9 Å². The first-order valence-electron chi connectivity index (χ1n) is 9.46. The van der Waals surface area contributed by atoms with Crippen molar-refractivity contribution in [3.63, 3.8) is 0 Å². The molecule has 26 heavy (non-hydrogen) atoms. The summed E-state index contributed by atoms with van der Waals surface area (Å²) in [6.07, 6.45) is 3.79. The van der Waals surface area contributed by atoms with Gasteiger partial charge in [-0.05, 0) is 54.5 Å². The molecule has 4 rings (SSSR count). The van der Waals surface area contributed by atoms with Crippen LogP contribution in [0.25, 0.3) is 0 Å². The lowest BCUT2D eigenvalue weighted by Gasteiger charge is -2.42. The molecule has 1 fully saturated rings. The van der Waals surface area contributed by atoms with Crippen LogP contribution in [0.4, 0.5) is 0 Å². The lowest BCUT2D eigenvalue weighted by Crippen LogP contribution is -2.46. The molecule has 4 heteroatoms. The highest BCUT2D eigenvalue weighted by molar-refractivity contribution is 5.51. The van der Waals surface area contributed by atoms with Crippen LogP contribution in [-0.2, 0) is 6.42 Å². The highest BCUT2D eigenvalue weighted by atomic mass is 16.5. The fraction of sp³-hybridized carbons (Fsp3) is 0.455. The van der Waals surface area contributed by atoms with Crippen LogP contribution in [0.5, 0.6) is 11.5 Å². The minimum atomic E-state index is -0.233. The van der Waals surface area contributed by atoms with Crippen molar-refractivity contribution in [2.75, 3.05) is 20.8 Å². The molecule has 1 N–H and O–H groups in total. The van der Waals surface area contributed by atoms with Crippen LogP contribution in [0, 0.1) is 0 Å². The molecule has 1 aliphatic carbocycles. The Labute approximate surface area is 155 Å². The van der Waals surface area contributed by atoms with Crippen molar-refractivity contribution in [3.8, 4) is 11.5 Å². The number of nitrogens with zero attached hydrogens (tertiary/aromatic N) is 1. The third kappa shape index (κ3) is 2.97. The first kappa shape index (κ1) is 17.4. The summed E-state index contributed by atoms with van der Waals surface area (Å²) in [6.45, 7) is 0.948. The first-order chi connectivity index (χ1) is 12.7. The molecule has 2 aliphatic rings. The molecule has 1 aliphatic heterocycles. The van der Waals surface area contributed by atoms with Gasteiger partial charge in [-0.2, -0.15) is 0 Å². The molecule has 1 saturated carbocycles. The van der Waals surface area contributed by atoms with Crippen molar-refractivity contribution >= 4 is 0 Å². The molecule has 3 atom stereocenters. The Bertz CT molecular complexity index is 761. The lowest BCUT2D eigenvalue weighted by molar-refractivity contribution is 0.0482. The second kappa shape index (κ2) is 7.29. The summed E-state index contributed by atoms with van der Waals surface area (Å²) in [5.41, 5.74) is 3.83. The predicted molar refractivity (Wildman–Crippen MR) is 102 cm³/mol. The average Bonchev–Trinajstić information content (AvgIpc) is 3.12. The largest absolute Gasteiger partial charge is 0.493 e. The highest BCUT2D eigenvalue weighted by Gasteiger charge is 2.39. The Morgan fingerprint density at radius 3 is 2.38 bits per heavy atom. The van der Waals surface area contributed by atoms with E-state index in [1.807, 2.05) is 0 Å². The molecule has 138 valence electrons. The van der Waals surface area contributed by atoms with Gasteiger partial charge in [0.05, 0.1) is 26.4 Å². The van der Waals surface area contributed by atoms with E-state index in [1.54, 1.807) is 14.2 Å². The van der Waals surface area contributed by atoms with Crippen LogP contribution in [-0.4, -0.2) is 42.9 Å². The van der Waals surface area contributed by atoms with Crippen LogP contribution >= 0.6 is 0 Å². The minimum absolute atomic E-state index is 0.137. The van der Waals surface area contributed by atoms with Gasteiger partial charge in [0.25, 0.3) is 0 Å². The Morgan fingerprint density at radius 2 is 1.73 bits per heavy atom. The molecule has 0 amide bonds. The Morgan fingerprint density at radius 1 is 1.00 bits per heavy atom. The maximum Gasteiger partial charge on any atom is 0.161 e. The molecule has 1 heterocycles. The smallest absolute Gasteiger partial charge is 0.161 e. The number of rotatable bonds is 4. The van der Waals surface area contributed by atoms with Gasteiger partial charge < -0.3 is 14.6 Å². The Kier molecular flexibility index (Phi) is 4.88. The molecular weight excluding hydrogens is 326 g/mol. The van der Waals surface area contributed by atoms with Crippen molar-refractivity contribution in [1.29, 1.82) is 0 Å². The van der Waals surface area contributed by atoms with Gasteiger partial charge in [0.1, 0.15) is 0 Å². The zero-order chi connectivity index (χ0) is 18.1. The van der Waals surface area contributed by atoms with Crippen LogP contribution in [0.15, 0.2) is 42.5 Å². The normalized spacial score (nSPS) is 25.7. The molecule has 0 aromatic heterocycles. The van der Waals surface area contributed by atoms with Crippen molar-refractivity contribution in [1.82, 2.24) is 4.90 Å². The van der Waals surface area contributed by atoms with Crippen molar-refractivity contribution in [2.24, 2.45) is 0 Å².